The lowest BCUT2D eigenvalue weighted by molar-refractivity contribution is -0.125. The average Bonchev–Trinajstić information content (AvgIpc) is 2.59. The molecule has 2 rings (SSSR count). The molecule has 0 saturated carbocycles. The Morgan fingerprint density at radius 2 is 1.62 bits per heavy atom. The second kappa shape index (κ2) is 7.39. The van der Waals surface area contributed by atoms with E-state index in [1.54, 1.807) is 14.2 Å². The first-order chi connectivity index (χ1) is 11.4. The van der Waals surface area contributed by atoms with Gasteiger partial charge < -0.3 is 14.8 Å². The molecule has 0 spiro atoms. The fourth-order valence-electron chi connectivity index (χ4n) is 2.50. The fraction of sp³-hybridized carbons (Fsp3) is 0.350. The molecular formula is C20H25NO3. The van der Waals surface area contributed by atoms with Crippen LogP contribution in [0.3, 0.4) is 0 Å². The molecule has 0 atom stereocenters. The minimum atomic E-state index is -0.593. The maximum Gasteiger partial charge on any atom is 0.230 e. The molecule has 128 valence electrons. The molecule has 0 saturated heterocycles. The van der Waals surface area contributed by atoms with Crippen LogP contribution < -0.4 is 14.8 Å². The number of nitrogens with one attached hydrogen (secondary N) is 1. The summed E-state index contributed by atoms with van der Waals surface area (Å²) < 4.78 is 10.5. The molecule has 0 aliphatic rings. The highest BCUT2D eigenvalue weighted by atomic mass is 16.5. The van der Waals surface area contributed by atoms with Crippen LogP contribution in [-0.2, 0) is 16.8 Å². The zero-order chi connectivity index (χ0) is 17.7. The van der Waals surface area contributed by atoms with Crippen molar-refractivity contribution < 1.29 is 14.3 Å². The van der Waals surface area contributed by atoms with Crippen molar-refractivity contribution in [1.29, 1.82) is 0 Å². The average molecular weight is 327 g/mol. The predicted octanol–water partition coefficient (Wildman–Crippen LogP) is 3.61. The van der Waals surface area contributed by atoms with Crippen molar-refractivity contribution in [3.05, 3.63) is 59.2 Å². The van der Waals surface area contributed by atoms with Gasteiger partial charge in [0.25, 0.3) is 0 Å². The number of hydrogen-bond donors (Lipinski definition) is 1. The number of carbonyl (C=O) groups is 1. The second-order valence-corrected chi connectivity index (χ2v) is 6.36. The van der Waals surface area contributed by atoms with E-state index in [2.05, 4.69) is 5.32 Å². The Bertz CT molecular complexity index is 705. The Hall–Kier alpha value is -2.49. The van der Waals surface area contributed by atoms with E-state index in [1.165, 1.54) is 5.56 Å². The summed E-state index contributed by atoms with van der Waals surface area (Å²) in [7, 11) is 3.20. The molecule has 0 unspecified atom stereocenters. The third-order valence-electron chi connectivity index (χ3n) is 4.24. The molecular weight excluding hydrogens is 302 g/mol. The van der Waals surface area contributed by atoms with Crippen molar-refractivity contribution in [2.75, 3.05) is 14.2 Å². The number of hydrogen-bond acceptors (Lipinski definition) is 3. The van der Waals surface area contributed by atoms with Gasteiger partial charge in [0.05, 0.1) is 19.6 Å². The maximum atomic E-state index is 12.6. The molecule has 4 heteroatoms. The maximum absolute atomic E-state index is 12.6. The lowest BCUT2D eigenvalue weighted by Gasteiger charge is -2.24. The first-order valence-corrected chi connectivity index (χ1v) is 7.95. The van der Waals surface area contributed by atoms with Gasteiger partial charge in [0.1, 0.15) is 0 Å². The standard InChI is InChI=1S/C20H25NO3/c1-14-6-9-16(10-7-14)20(2,3)19(22)21-13-15-8-11-17(23-4)18(12-15)24-5/h6-12H,13H2,1-5H3,(H,21,22). The summed E-state index contributed by atoms with van der Waals surface area (Å²) in [6.07, 6.45) is 0. The highest BCUT2D eigenvalue weighted by molar-refractivity contribution is 5.87. The van der Waals surface area contributed by atoms with Crippen LogP contribution >= 0.6 is 0 Å². The molecule has 1 N–H and O–H groups in total. The Labute approximate surface area is 143 Å². The smallest absolute Gasteiger partial charge is 0.230 e. The first kappa shape index (κ1) is 17.9. The monoisotopic (exact) mass is 327 g/mol. The number of benzene rings is 2. The Balaban J connectivity index is 2.08. The van der Waals surface area contributed by atoms with Crippen LogP contribution in [0, 0.1) is 6.92 Å². The van der Waals surface area contributed by atoms with Crippen LogP contribution in [0.25, 0.3) is 0 Å². The van der Waals surface area contributed by atoms with Crippen molar-refractivity contribution in [2.45, 2.75) is 32.7 Å². The highest BCUT2D eigenvalue weighted by Gasteiger charge is 2.29. The van der Waals surface area contributed by atoms with E-state index >= 15 is 0 Å². The van der Waals surface area contributed by atoms with Crippen molar-refractivity contribution in [2.24, 2.45) is 0 Å². The number of carbonyl (C=O) groups excluding carboxylic acids is 1. The van der Waals surface area contributed by atoms with Crippen molar-refractivity contribution in [3.8, 4) is 11.5 Å². The molecule has 1 amide bonds. The van der Waals surface area contributed by atoms with Gasteiger partial charge in [-0.2, -0.15) is 0 Å². The largest absolute Gasteiger partial charge is 0.493 e. The van der Waals surface area contributed by atoms with Gasteiger partial charge in [0.2, 0.25) is 5.91 Å². The summed E-state index contributed by atoms with van der Waals surface area (Å²) >= 11 is 0. The van der Waals surface area contributed by atoms with Crippen LogP contribution in [0.4, 0.5) is 0 Å². The summed E-state index contributed by atoms with van der Waals surface area (Å²) in [6.45, 7) is 6.34. The van der Waals surface area contributed by atoms with Gasteiger partial charge in [-0.15, -0.1) is 0 Å². The number of aryl methyl sites for hydroxylation is 1. The minimum Gasteiger partial charge on any atom is -0.493 e. The van der Waals surface area contributed by atoms with Gasteiger partial charge >= 0.3 is 0 Å². The van der Waals surface area contributed by atoms with Crippen LogP contribution in [0.15, 0.2) is 42.5 Å². The molecule has 0 radical (unpaired) electrons. The zero-order valence-electron chi connectivity index (χ0n) is 15.0. The number of methoxy groups -OCH3 is 2. The molecule has 4 nitrogen and oxygen atoms in total. The number of rotatable bonds is 6. The normalized spacial score (nSPS) is 11.0. The second-order valence-electron chi connectivity index (χ2n) is 6.36. The van der Waals surface area contributed by atoms with E-state index in [1.807, 2.05) is 63.2 Å². The van der Waals surface area contributed by atoms with Crippen LogP contribution in [0.1, 0.15) is 30.5 Å². The summed E-state index contributed by atoms with van der Waals surface area (Å²) in [4.78, 5) is 12.6. The van der Waals surface area contributed by atoms with Crippen LogP contribution in [0.2, 0.25) is 0 Å². The molecule has 0 aliphatic heterocycles. The molecule has 2 aromatic carbocycles. The molecule has 0 heterocycles. The highest BCUT2D eigenvalue weighted by Crippen LogP contribution is 2.28. The topological polar surface area (TPSA) is 47.6 Å². The fourth-order valence-corrected chi connectivity index (χ4v) is 2.50. The summed E-state index contributed by atoms with van der Waals surface area (Å²) in [5.41, 5.74) is 2.54. The van der Waals surface area contributed by atoms with Gasteiger partial charge in [-0.05, 0) is 44.0 Å². The molecule has 0 bridgehead atoms. The first-order valence-electron chi connectivity index (χ1n) is 7.95. The van der Waals surface area contributed by atoms with E-state index in [0.717, 1.165) is 11.1 Å². The van der Waals surface area contributed by atoms with Gasteiger partial charge in [-0.3, -0.25) is 4.79 Å². The Kier molecular flexibility index (Phi) is 5.50. The van der Waals surface area contributed by atoms with E-state index in [4.69, 9.17) is 9.47 Å². The van der Waals surface area contributed by atoms with E-state index < -0.39 is 5.41 Å². The lowest BCUT2D eigenvalue weighted by Crippen LogP contribution is -2.39. The Morgan fingerprint density at radius 3 is 2.21 bits per heavy atom. The molecule has 24 heavy (non-hydrogen) atoms. The number of amides is 1. The third-order valence-corrected chi connectivity index (χ3v) is 4.24. The summed E-state index contributed by atoms with van der Waals surface area (Å²) in [5, 5.41) is 3.01. The summed E-state index contributed by atoms with van der Waals surface area (Å²) in [6, 6.07) is 13.7. The zero-order valence-corrected chi connectivity index (χ0v) is 15.0. The predicted molar refractivity (Wildman–Crippen MR) is 95.6 cm³/mol. The quantitative estimate of drug-likeness (QED) is 0.882. The van der Waals surface area contributed by atoms with Gasteiger partial charge in [-0.25, -0.2) is 0 Å². The van der Waals surface area contributed by atoms with E-state index in [-0.39, 0.29) is 5.91 Å². The van der Waals surface area contributed by atoms with Gasteiger partial charge in [0, 0.05) is 6.54 Å². The van der Waals surface area contributed by atoms with Gasteiger partial charge in [0.15, 0.2) is 11.5 Å². The van der Waals surface area contributed by atoms with Crippen molar-refractivity contribution in [3.63, 3.8) is 0 Å². The van der Waals surface area contributed by atoms with E-state index in [0.29, 0.717) is 18.0 Å². The molecule has 0 aromatic heterocycles. The molecule has 0 aliphatic carbocycles. The SMILES string of the molecule is COc1ccc(CNC(=O)C(C)(C)c2ccc(C)cc2)cc1OC. The van der Waals surface area contributed by atoms with Crippen molar-refractivity contribution >= 4 is 5.91 Å². The van der Waals surface area contributed by atoms with E-state index in [9.17, 15) is 4.79 Å². The Morgan fingerprint density at radius 1 is 1.00 bits per heavy atom. The summed E-state index contributed by atoms with van der Waals surface area (Å²) in [5.74, 6) is 1.32. The minimum absolute atomic E-state index is 0.0128. The lowest BCUT2D eigenvalue weighted by atomic mass is 9.83. The van der Waals surface area contributed by atoms with Crippen LogP contribution in [0.5, 0.6) is 11.5 Å². The third kappa shape index (κ3) is 3.88. The van der Waals surface area contributed by atoms with Crippen LogP contribution in [-0.4, -0.2) is 20.1 Å². The van der Waals surface area contributed by atoms with Gasteiger partial charge in [-0.1, -0.05) is 35.9 Å². The molecule has 2 aromatic rings. The molecule has 0 fully saturated rings. The number of ether oxygens (including phenoxy) is 2. The van der Waals surface area contributed by atoms with Crippen molar-refractivity contribution in [1.82, 2.24) is 5.32 Å².